The molecular formula is C13H15ClN4O. The minimum Gasteiger partial charge on any atom is -0.396 e. The van der Waals surface area contributed by atoms with E-state index in [9.17, 15) is 4.79 Å². The van der Waals surface area contributed by atoms with Crippen LogP contribution in [0.3, 0.4) is 0 Å². The van der Waals surface area contributed by atoms with Crippen molar-refractivity contribution in [1.29, 1.82) is 0 Å². The average Bonchev–Trinajstić information content (AvgIpc) is 2.75. The molecule has 2 aromatic rings. The van der Waals surface area contributed by atoms with Gasteiger partial charge < -0.3 is 11.1 Å². The number of nitrogens with one attached hydrogen (secondary N) is 1. The molecule has 6 heteroatoms. The molecule has 0 fully saturated rings. The number of aryl methyl sites for hydroxylation is 2. The highest BCUT2D eigenvalue weighted by Crippen LogP contribution is 2.24. The highest BCUT2D eigenvalue weighted by atomic mass is 35.5. The molecule has 0 saturated carbocycles. The van der Waals surface area contributed by atoms with Gasteiger partial charge in [0.25, 0.3) is 5.91 Å². The van der Waals surface area contributed by atoms with E-state index in [1.54, 1.807) is 10.7 Å². The Bertz CT molecular complexity index is 621. The van der Waals surface area contributed by atoms with E-state index in [1.807, 2.05) is 26.0 Å². The smallest absolute Gasteiger partial charge is 0.276 e. The first-order chi connectivity index (χ1) is 9.02. The lowest BCUT2D eigenvalue weighted by Crippen LogP contribution is -2.19. The molecule has 1 aromatic heterocycles. The Kier molecular flexibility index (Phi) is 3.76. The van der Waals surface area contributed by atoms with Gasteiger partial charge >= 0.3 is 0 Å². The number of rotatable bonds is 3. The molecule has 0 bridgehead atoms. The summed E-state index contributed by atoms with van der Waals surface area (Å²) in [6, 6.07) is 5.43. The van der Waals surface area contributed by atoms with E-state index in [0.717, 1.165) is 5.56 Å². The van der Waals surface area contributed by atoms with Crippen molar-refractivity contribution in [3.63, 3.8) is 0 Å². The molecule has 1 amide bonds. The Hall–Kier alpha value is -2.01. The summed E-state index contributed by atoms with van der Waals surface area (Å²) in [4.78, 5) is 12.2. The third-order valence-electron chi connectivity index (χ3n) is 2.75. The van der Waals surface area contributed by atoms with Crippen LogP contribution in [-0.4, -0.2) is 15.7 Å². The van der Waals surface area contributed by atoms with Crippen molar-refractivity contribution < 1.29 is 4.79 Å². The van der Waals surface area contributed by atoms with Crippen molar-refractivity contribution >= 4 is 28.9 Å². The topological polar surface area (TPSA) is 72.9 Å². The molecule has 1 aromatic carbocycles. The predicted octanol–water partition coefficient (Wildman–Crippen LogP) is 2.70. The average molecular weight is 279 g/mol. The molecule has 0 aliphatic heterocycles. The molecule has 0 spiro atoms. The number of amides is 1. The van der Waals surface area contributed by atoms with Gasteiger partial charge in [-0.1, -0.05) is 17.7 Å². The van der Waals surface area contributed by atoms with Crippen molar-refractivity contribution in [2.75, 3.05) is 11.1 Å². The Morgan fingerprint density at radius 2 is 2.26 bits per heavy atom. The van der Waals surface area contributed by atoms with Crippen LogP contribution in [0, 0.1) is 6.92 Å². The predicted molar refractivity (Wildman–Crippen MR) is 76.5 cm³/mol. The highest BCUT2D eigenvalue weighted by Gasteiger charge is 2.17. The molecule has 0 saturated heterocycles. The quantitative estimate of drug-likeness (QED) is 0.907. The monoisotopic (exact) mass is 278 g/mol. The van der Waals surface area contributed by atoms with Gasteiger partial charge in [-0.15, -0.1) is 0 Å². The summed E-state index contributed by atoms with van der Waals surface area (Å²) in [6.07, 6.45) is 1.47. The van der Waals surface area contributed by atoms with E-state index >= 15 is 0 Å². The van der Waals surface area contributed by atoms with E-state index in [-0.39, 0.29) is 5.91 Å². The SMILES string of the molecule is CCn1ncc(N)c1C(=O)Nc1cc(C)ccc1Cl. The second kappa shape index (κ2) is 5.32. The van der Waals surface area contributed by atoms with Crippen LogP contribution in [0.4, 0.5) is 11.4 Å². The van der Waals surface area contributed by atoms with Crippen molar-refractivity contribution in [2.45, 2.75) is 20.4 Å². The summed E-state index contributed by atoms with van der Waals surface area (Å²) >= 11 is 6.05. The molecular weight excluding hydrogens is 264 g/mol. The first kappa shape index (κ1) is 13.4. The maximum atomic E-state index is 12.2. The second-order valence-electron chi connectivity index (χ2n) is 4.20. The summed E-state index contributed by atoms with van der Waals surface area (Å²) in [5.74, 6) is -0.315. The molecule has 0 atom stereocenters. The van der Waals surface area contributed by atoms with Crippen LogP contribution in [0.25, 0.3) is 0 Å². The van der Waals surface area contributed by atoms with Crippen LogP contribution < -0.4 is 11.1 Å². The summed E-state index contributed by atoms with van der Waals surface area (Å²) in [5, 5.41) is 7.28. The first-order valence-electron chi connectivity index (χ1n) is 5.91. The molecule has 0 aliphatic rings. The molecule has 2 rings (SSSR count). The van der Waals surface area contributed by atoms with Gasteiger partial charge in [-0.25, -0.2) is 0 Å². The number of carbonyl (C=O) groups excluding carboxylic acids is 1. The summed E-state index contributed by atoms with van der Waals surface area (Å²) in [5.41, 5.74) is 8.04. The maximum absolute atomic E-state index is 12.2. The van der Waals surface area contributed by atoms with Gasteiger partial charge in [-0.05, 0) is 31.5 Å². The van der Waals surface area contributed by atoms with Gasteiger partial charge in [0.2, 0.25) is 0 Å². The van der Waals surface area contributed by atoms with Gasteiger partial charge in [0.05, 0.1) is 22.6 Å². The lowest BCUT2D eigenvalue weighted by atomic mass is 10.2. The third kappa shape index (κ3) is 2.71. The largest absolute Gasteiger partial charge is 0.396 e. The molecule has 0 radical (unpaired) electrons. The summed E-state index contributed by atoms with van der Waals surface area (Å²) in [7, 11) is 0. The first-order valence-corrected chi connectivity index (χ1v) is 6.29. The Balaban J connectivity index is 2.30. The Labute approximate surface area is 116 Å². The van der Waals surface area contributed by atoms with Crippen LogP contribution >= 0.6 is 11.6 Å². The fourth-order valence-corrected chi connectivity index (χ4v) is 1.97. The minimum absolute atomic E-state index is 0.315. The third-order valence-corrected chi connectivity index (χ3v) is 3.08. The zero-order valence-corrected chi connectivity index (χ0v) is 11.5. The number of nitrogen functional groups attached to an aromatic ring is 1. The second-order valence-corrected chi connectivity index (χ2v) is 4.61. The fraction of sp³-hybridized carbons (Fsp3) is 0.231. The number of halogens is 1. The van der Waals surface area contributed by atoms with Gasteiger partial charge in [0, 0.05) is 6.54 Å². The normalized spacial score (nSPS) is 10.5. The van der Waals surface area contributed by atoms with E-state index in [0.29, 0.717) is 28.6 Å². The molecule has 3 N–H and O–H groups in total. The molecule has 0 unspecified atom stereocenters. The van der Waals surface area contributed by atoms with E-state index in [1.165, 1.54) is 6.20 Å². The van der Waals surface area contributed by atoms with Crippen molar-refractivity contribution in [3.8, 4) is 0 Å². The number of carbonyl (C=O) groups is 1. The molecule has 1 heterocycles. The number of aromatic nitrogens is 2. The Morgan fingerprint density at radius 3 is 2.95 bits per heavy atom. The number of nitrogens with zero attached hydrogens (tertiary/aromatic N) is 2. The molecule has 0 aliphatic carbocycles. The van der Waals surface area contributed by atoms with Gasteiger partial charge in [0.1, 0.15) is 5.69 Å². The zero-order chi connectivity index (χ0) is 14.0. The lowest BCUT2D eigenvalue weighted by Gasteiger charge is -2.09. The number of benzene rings is 1. The van der Waals surface area contributed by atoms with E-state index in [2.05, 4.69) is 10.4 Å². The van der Waals surface area contributed by atoms with Crippen LogP contribution in [0.1, 0.15) is 23.0 Å². The summed E-state index contributed by atoms with van der Waals surface area (Å²) < 4.78 is 1.55. The van der Waals surface area contributed by atoms with Crippen molar-refractivity contribution in [2.24, 2.45) is 0 Å². The van der Waals surface area contributed by atoms with Crippen LogP contribution in [0.15, 0.2) is 24.4 Å². The van der Waals surface area contributed by atoms with Crippen LogP contribution in [0.5, 0.6) is 0 Å². The van der Waals surface area contributed by atoms with Crippen molar-refractivity contribution in [3.05, 3.63) is 40.7 Å². The van der Waals surface area contributed by atoms with Gasteiger partial charge in [0.15, 0.2) is 0 Å². The summed E-state index contributed by atoms with van der Waals surface area (Å²) in [6.45, 7) is 4.39. The van der Waals surface area contributed by atoms with Gasteiger partial charge in [-0.3, -0.25) is 9.48 Å². The minimum atomic E-state index is -0.315. The van der Waals surface area contributed by atoms with Crippen molar-refractivity contribution in [1.82, 2.24) is 9.78 Å². The molecule has 100 valence electrons. The highest BCUT2D eigenvalue weighted by molar-refractivity contribution is 6.34. The van der Waals surface area contributed by atoms with Crippen LogP contribution in [-0.2, 0) is 6.54 Å². The Morgan fingerprint density at radius 1 is 1.53 bits per heavy atom. The molecule has 5 nitrogen and oxygen atoms in total. The van der Waals surface area contributed by atoms with E-state index in [4.69, 9.17) is 17.3 Å². The van der Waals surface area contributed by atoms with E-state index < -0.39 is 0 Å². The number of nitrogens with two attached hydrogens (primary N) is 1. The standard InChI is InChI=1S/C13H15ClN4O/c1-3-18-12(10(15)7-16-18)13(19)17-11-6-8(2)4-5-9(11)14/h4-7H,3,15H2,1-2H3,(H,17,19). The van der Waals surface area contributed by atoms with Crippen LogP contribution in [0.2, 0.25) is 5.02 Å². The lowest BCUT2D eigenvalue weighted by molar-refractivity contribution is 0.101. The van der Waals surface area contributed by atoms with Gasteiger partial charge in [-0.2, -0.15) is 5.10 Å². The number of hydrogen-bond acceptors (Lipinski definition) is 3. The fourth-order valence-electron chi connectivity index (χ4n) is 1.80. The number of anilines is 2. The molecule has 19 heavy (non-hydrogen) atoms. The zero-order valence-electron chi connectivity index (χ0n) is 10.8. The number of hydrogen-bond donors (Lipinski definition) is 2. The maximum Gasteiger partial charge on any atom is 0.276 e.